The summed E-state index contributed by atoms with van der Waals surface area (Å²) in [6.45, 7) is -0.432. The lowest BCUT2D eigenvalue weighted by Crippen LogP contribution is -2.64. The van der Waals surface area contributed by atoms with Gasteiger partial charge in [0.05, 0.1) is 19.8 Å². The molecule has 6 heteroatoms. The normalized spacial score (nSPS) is 20.4. The van der Waals surface area contributed by atoms with Gasteiger partial charge in [-0.05, 0) is 23.3 Å². The number of aliphatic hydroxyl groups is 1. The lowest BCUT2D eigenvalue weighted by Gasteiger charge is -2.50. The molecule has 2 aromatic rings. The molecule has 4 nitrogen and oxygen atoms in total. The fraction of sp³-hybridized carbons (Fsp3) is 0.278. The second kappa shape index (κ2) is 6.20. The number of alkyl halides is 2. The summed E-state index contributed by atoms with van der Waals surface area (Å²) in [6, 6.07) is 12.6. The first-order valence-electron chi connectivity index (χ1n) is 7.51. The van der Waals surface area contributed by atoms with Crippen molar-refractivity contribution >= 4 is 5.91 Å². The zero-order chi connectivity index (χ0) is 17.3. The monoisotopic (exact) mass is 333 g/mol. The lowest BCUT2D eigenvalue weighted by atomic mass is 9.86. The van der Waals surface area contributed by atoms with Crippen LogP contribution in [-0.4, -0.2) is 35.6 Å². The summed E-state index contributed by atoms with van der Waals surface area (Å²) in [7, 11) is 1.49. The predicted molar refractivity (Wildman–Crippen MR) is 83.8 cm³/mol. The van der Waals surface area contributed by atoms with E-state index in [0.29, 0.717) is 16.9 Å². The molecule has 126 valence electrons. The Kier molecular flexibility index (Phi) is 4.24. The standard InChI is InChI=1S/C18H17F2NO3/c1-24-14-9-7-13(8-10-14)16-18(19,20)17(23)21(16)15(11-22)12-5-3-2-4-6-12/h2-10,15-16,22H,11H2,1H3/t15-,16-/m0/s1. The number of amides is 1. The van der Waals surface area contributed by atoms with Crippen molar-refractivity contribution in [2.24, 2.45) is 0 Å². The first-order valence-corrected chi connectivity index (χ1v) is 7.51. The number of rotatable bonds is 5. The van der Waals surface area contributed by atoms with E-state index in [-0.39, 0.29) is 0 Å². The number of β-lactam (4-membered cyclic amide) rings is 1. The molecule has 0 radical (unpaired) electrons. The molecule has 3 rings (SSSR count). The largest absolute Gasteiger partial charge is 0.497 e. The van der Waals surface area contributed by atoms with E-state index in [1.165, 1.54) is 19.2 Å². The van der Waals surface area contributed by atoms with Gasteiger partial charge in [0.2, 0.25) is 0 Å². The zero-order valence-electron chi connectivity index (χ0n) is 13.0. The Bertz CT molecular complexity index is 719. The van der Waals surface area contributed by atoms with Crippen LogP contribution in [-0.2, 0) is 4.79 Å². The molecule has 1 N–H and O–H groups in total. The molecule has 0 spiro atoms. The Morgan fingerprint density at radius 1 is 1.17 bits per heavy atom. The number of hydrogen-bond donors (Lipinski definition) is 1. The Labute approximate surface area is 138 Å². The minimum absolute atomic E-state index is 0.301. The minimum Gasteiger partial charge on any atom is -0.497 e. The highest BCUT2D eigenvalue weighted by Crippen LogP contribution is 2.51. The highest BCUT2D eigenvalue weighted by molar-refractivity contribution is 5.92. The van der Waals surface area contributed by atoms with Gasteiger partial charge in [-0.25, -0.2) is 0 Å². The van der Waals surface area contributed by atoms with Crippen LogP contribution < -0.4 is 4.74 Å². The number of carbonyl (C=O) groups excluding carboxylic acids is 1. The van der Waals surface area contributed by atoms with E-state index in [1.54, 1.807) is 42.5 Å². The molecule has 2 aromatic carbocycles. The van der Waals surface area contributed by atoms with Crippen molar-refractivity contribution in [2.45, 2.75) is 18.0 Å². The molecule has 1 fully saturated rings. The minimum atomic E-state index is -3.49. The average molecular weight is 333 g/mol. The number of halogens is 2. The molecule has 1 heterocycles. The van der Waals surface area contributed by atoms with Gasteiger partial charge in [-0.3, -0.25) is 4.79 Å². The number of aliphatic hydroxyl groups excluding tert-OH is 1. The van der Waals surface area contributed by atoms with E-state index >= 15 is 0 Å². The fourth-order valence-corrected chi connectivity index (χ4v) is 3.02. The van der Waals surface area contributed by atoms with Crippen LogP contribution in [0.5, 0.6) is 5.75 Å². The quantitative estimate of drug-likeness (QED) is 0.856. The van der Waals surface area contributed by atoms with Crippen LogP contribution in [0.2, 0.25) is 0 Å². The summed E-state index contributed by atoms with van der Waals surface area (Å²) in [5.74, 6) is -4.22. The summed E-state index contributed by atoms with van der Waals surface area (Å²) >= 11 is 0. The first kappa shape index (κ1) is 16.4. The van der Waals surface area contributed by atoms with Gasteiger partial charge in [0, 0.05) is 0 Å². The van der Waals surface area contributed by atoms with Gasteiger partial charge in [-0.1, -0.05) is 42.5 Å². The fourth-order valence-electron chi connectivity index (χ4n) is 3.02. The molecular weight excluding hydrogens is 316 g/mol. The Hall–Kier alpha value is -2.47. The summed E-state index contributed by atoms with van der Waals surface area (Å²) in [4.78, 5) is 13.1. The third-order valence-corrected chi connectivity index (χ3v) is 4.27. The van der Waals surface area contributed by atoms with Crippen molar-refractivity contribution in [3.05, 3.63) is 65.7 Å². The van der Waals surface area contributed by atoms with Crippen LogP contribution in [0, 0.1) is 0 Å². The maximum Gasteiger partial charge on any atom is 0.348 e. The SMILES string of the molecule is COc1ccc([C@@H]2N([C@@H](CO)c3ccccc3)C(=O)C2(F)F)cc1. The number of hydrogen-bond acceptors (Lipinski definition) is 3. The average Bonchev–Trinajstić information content (AvgIpc) is 2.62. The van der Waals surface area contributed by atoms with Gasteiger partial charge in [0.15, 0.2) is 0 Å². The highest BCUT2D eigenvalue weighted by Gasteiger charge is 2.65. The van der Waals surface area contributed by atoms with Gasteiger partial charge in [0.25, 0.3) is 5.91 Å². The second-order valence-corrected chi connectivity index (χ2v) is 5.62. The first-order chi connectivity index (χ1) is 11.5. The smallest absolute Gasteiger partial charge is 0.348 e. The Balaban J connectivity index is 1.97. The molecule has 1 amide bonds. The van der Waals surface area contributed by atoms with Crippen molar-refractivity contribution in [3.63, 3.8) is 0 Å². The lowest BCUT2D eigenvalue weighted by molar-refractivity contribution is -0.215. The van der Waals surface area contributed by atoms with Gasteiger partial charge >= 0.3 is 5.92 Å². The maximum atomic E-state index is 14.2. The van der Waals surface area contributed by atoms with E-state index in [9.17, 15) is 18.7 Å². The zero-order valence-corrected chi connectivity index (χ0v) is 13.0. The molecule has 1 aliphatic heterocycles. The summed E-state index contributed by atoms with van der Waals surface area (Å²) < 4.78 is 33.5. The van der Waals surface area contributed by atoms with Gasteiger partial charge in [0.1, 0.15) is 11.8 Å². The van der Waals surface area contributed by atoms with E-state index in [1.807, 2.05) is 0 Å². The van der Waals surface area contributed by atoms with Crippen LogP contribution in [0.1, 0.15) is 23.2 Å². The van der Waals surface area contributed by atoms with Crippen LogP contribution in [0.15, 0.2) is 54.6 Å². The van der Waals surface area contributed by atoms with Gasteiger partial charge in [-0.2, -0.15) is 8.78 Å². The van der Waals surface area contributed by atoms with Crippen LogP contribution in [0.25, 0.3) is 0 Å². The summed E-state index contributed by atoms with van der Waals surface area (Å²) in [6.07, 6.45) is 0. The van der Waals surface area contributed by atoms with E-state index in [0.717, 1.165) is 4.90 Å². The Morgan fingerprint density at radius 2 is 1.79 bits per heavy atom. The molecule has 0 saturated carbocycles. The molecule has 2 atom stereocenters. The highest BCUT2D eigenvalue weighted by atomic mass is 19.3. The van der Waals surface area contributed by atoms with Gasteiger partial charge < -0.3 is 14.7 Å². The van der Waals surface area contributed by atoms with E-state index in [4.69, 9.17) is 4.74 Å². The molecule has 1 saturated heterocycles. The third kappa shape index (κ3) is 2.53. The maximum absolute atomic E-state index is 14.2. The summed E-state index contributed by atoms with van der Waals surface area (Å²) in [5, 5.41) is 9.69. The Morgan fingerprint density at radius 3 is 2.33 bits per heavy atom. The van der Waals surface area contributed by atoms with Crippen molar-refractivity contribution in [1.29, 1.82) is 0 Å². The predicted octanol–water partition coefficient (Wildman–Crippen LogP) is 2.95. The number of methoxy groups -OCH3 is 1. The van der Waals surface area contributed by atoms with Crippen molar-refractivity contribution in [1.82, 2.24) is 4.90 Å². The molecule has 24 heavy (non-hydrogen) atoms. The van der Waals surface area contributed by atoms with E-state index in [2.05, 4.69) is 0 Å². The number of benzene rings is 2. The molecule has 0 unspecified atom stereocenters. The van der Waals surface area contributed by atoms with Crippen molar-refractivity contribution in [3.8, 4) is 5.75 Å². The number of carbonyl (C=O) groups is 1. The van der Waals surface area contributed by atoms with Crippen LogP contribution in [0.3, 0.4) is 0 Å². The number of likely N-dealkylation sites (tertiary alicyclic amines) is 1. The molecular formula is C18H17F2NO3. The van der Waals surface area contributed by atoms with Crippen LogP contribution in [0.4, 0.5) is 8.78 Å². The van der Waals surface area contributed by atoms with Crippen molar-refractivity contribution < 1.29 is 23.4 Å². The molecule has 0 aromatic heterocycles. The molecule has 0 bridgehead atoms. The second-order valence-electron chi connectivity index (χ2n) is 5.62. The topological polar surface area (TPSA) is 49.8 Å². The van der Waals surface area contributed by atoms with E-state index < -0.39 is 30.5 Å². The number of nitrogens with zero attached hydrogens (tertiary/aromatic N) is 1. The third-order valence-electron chi connectivity index (χ3n) is 4.27. The van der Waals surface area contributed by atoms with Crippen molar-refractivity contribution in [2.75, 3.05) is 13.7 Å². The van der Waals surface area contributed by atoms with Gasteiger partial charge in [-0.15, -0.1) is 0 Å². The number of ether oxygens (including phenoxy) is 1. The molecule has 0 aliphatic carbocycles. The summed E-state index contributed by atoms with van der Waals surface area (Å²) in [5.41, 5.74) is 0.914. The molecule has 1 aliphatic rings. The van der Waals surface area contributed by atoms with Crippen LogP contribution >= 0.6 is 0 Å².